The van der Waals surface area contributed by atoms with Crippen LogP contribution in [0.2, 0.25) is 0 Å². The summed E-state index contributed by atoms with van der Waals surface area (Å²) in [4.78, 5) is 30.8. The smallest absolute Gasteiger partial charge is 0.259 e. The lowest BCUT2D eigenvalue weighted by atomic mass is 10.1. The number of rotatable bonds is 3. The molecule has 0 saturated heterocycles. The monoisotopic (exact) mass is 361 g/mol. The highest BCUT2D eigenvalue weighted by Gasteiger charge is 2.26. The molecule has 27 heavy (non-hydrogen) atoms. The van der Waals surface area contributed by atoms with E-state index >= 15 is 0 Å². The van der Waals surface area contributed by atoms with E-state index in [1.807, 2.05) is 43.3 Å². The quantitative estimate of drug-likeness (QED) is 0.778. The van der Waals surface area contributed by atoms with Crippen molar-refractivity contribution >= 4 is 23.2 Å². The minimum atomic E-state index is -0.265. The first-order valence-electron chi connectivity index (χ1n) is 8.73. The Balaban J connectivity index is 1.65. The SMILES string of the molecule is CC(=O)N1CCc2cccc(NC(=O)c3cnn(-c4ccccn4)c3C)c21. The third-order valence-electron chi connectivity index (χ3n) is 4.74. The van der Waals surface area contributed by atoms with Gasteiger partial charge in [-0.25, -0.2) is 9.67 Å². The summed E-state index contributed by atoms with van der Waals surface area (Å²) in [5.74, 6) is 0.352. The van der Waals surface area contributed by atoms with Crippen LogP contribution in [-0.4, -0.2) is 33.1 Å². The number of nitrogens with zero attached hydrogens (tertiary/aromatic N) is 4. The van der Waals surface area contributed by atoms with Gasteiger partial charge in [0.2, 0.25) is 5.91 Å². The molecule has 1 aliphatic rings. The number of pyridine rings is 1. The van der Waals surface area contributed by atoms with Gasteiger partial charge >= 0.3 is 0 Å². The number of hydrogen-bond acceptors (Lipinski definition) is 4. The van der Waals surface area contributed by atoms with Crippen molar-refractivity contribution in [3.63, 3.8) is 0 Å². The first-order valence-corrected chi connectivity index (χ1v) is 8.73. The second-order valence-corrected chi connectivity index (χ2v) is 6.43. The van der Waals surface area contributed by atoms with Gasteiger partial charge in [0.25, 0.3) is 5.91 Å². The molecule has 1 aliphatic heterocycles. The Hall–Kier alpha value is -3.48. The molecule has 3 heterocycles. The van der Waals surface area contributed by atoms with Crippen molar-refractivity contribution < 1.29 is 9.59 Å². The average molecular weight is 361 g/mol. The molecule has 1 N–H and O–H groups in total. The third kappa shape index (κ3) is 2.97. The Kier molecular flexibility index (Phi) is 4.19. The maximum atomic E-state index is 12.9. The highest BCUT2D eigenvalue weighted by atomic mass is 16.2. The summed E-state index contributed by atoms with van der Waals surface area (Å²) in [6.45, 7) is 4.00. The first kappa shape index (κ1) is 17.0. The molecule has 0 aliphatic carbocycles. The summed E-state index contributed by atoms with van der Waals surface area (Å²) >= 11 is 0. The molecular formula is C20H19N5O2. The van der Waals surface area contributed by atoms with Crippen molar-refractivity contribution in [2.75, 3.05) is 16.8 Å². The lowest BCUT2D eigenvalue weighted by Crippen LogP contribution is -2.27. The summed E-state index contributed by atoms with van der Waals surface area (Å²) in [5.41, 5.74) is 3.64. The Bertz CT molecular complexity index is 1030. The molecule has 3 aromatic rings. The number of carbonyl (C=O) groups is 2. The second kappa shape index (κ2) is 6.68. The van der Waals surface area contributed by atoms with E-state index in [0.717, 1.165) is 17.7 Å². The van der Waals surface area contributed by atoms with Gasteiger partial charge in [0.15, 0.2) is 5.82 Å². The molecule has 4 rings (SSSR count). The Labute approximate surface area is 156 Å². The van der Waals surface area contributed by atoms with E-state index in [4.69, 9.17) is 0 Å². The van der Waals surface area contributed by atoms with E-state index in [2.05, 4.69) is 15.4 Å². The fourth-order valence-electron chi connectivity index (χ4n) is 3.40. The standard InChI is InChI=1S/C20H19N5O2/c1-13-16(12-22-25(13)18-8-3-4-10-21-18)20(27)23-17-7-5-6-15-9-11-24(14(2)26)19(15)17/h3-8,10,12H,9,11H2,1-2H3,(H,23,27). The van der Waals surface area contributed by atoms with Gasteiger partial charge in [-0.05, 0) is 37.1 Å². The van der Waals surface area contributed by atoms with Crippen LogP contribution < -0.4 is 10.2 Å². The lowest BCUT2D eigenvalue weighted by Gasteiger charge is -2.19. The fraction of sp³-hybridized carbons (Fsp3) is 0.200. The number of hydrogen-bond donors (Lipinski definition) is 1. The predicted octanol–water partition coefficient (Wildman–Crippen LogP) is 2.74. The van der Waals surface area contributed by atoms with Crippen LogP contribution in [0.25, 0.3) is 5.82 Å². The van der Waals surface area contributed by atoms with Crippen LogP contribution in [0.1, 0.15) is 28.5 Å². The van der Waals surface area contributed by atoms with Gasteiger partial charge in [-0.2, -0.15) is 5.10 Å². The van der Waals surface area contributed by atoms with Crippen LogP contribution >= 0.6 is 0 Å². The number of amides is 2. The van der Waals surface area contributed by atoms with Crippen LogP contribution in [0.5, 0.6) is 0 Å². The Morgan fingerprint density at radius 3 is 2.74 bits per heavy atom. The van der Waals surface area contributed by atoms with E-state index in [0.29, 0.717) is 29.3 Å². The van der Waals surface area contributed by atoms with Crippen molar-refractivity contribution in [1.29, 1.82) is 0 Å². The zero-order valence-electron chi connectivity index (χ0n) is 15.1. The van der Waals surface area contributed by atoms with Gasteiger partial charge in [0, 0.05) is 19.7 Å². The molecule has 7 heteroatoms. The van der Waals surface area contributed by atoms with Crippen molar-refractivity contribution in [2.45, 2.75) is 20.3 Å². The number of para-hydroxylation sites is 1. The molecule has 2 aromatic heterocycles. The highest BCUT2D eigenvalue weighted by Crippen LogP contribution is 2.35. The third-order valence-corrected chi connectivity index (χ3v) is 4.74. The zero-order chi connectivity index (χ0) is 19.0. The second-order valence-electron chi connectivity index (χ2n) is 6.43. The van der Waals surface area contributed by atoms with Crippen molar-refractivity contribution in [2.24, 2.45) is 0 Å². The van der Waals surface area contributed by atoms with Gasteiger partial charge in [0.1, 0.15) is 0 Å². The molecule has 0 radical (unpaired) electrons. The van der Waals surface area contributed by atoms with Crippen molar-refractivity contribution in [3.8, 4) is 5.82 Å². The normalized spacial score (nSPS) is 12.7. The van der Waals surface area contributed by atoms with Gasteiger partial charge in [0.05, 0.1) is 28.8 Å². The topological polar surface area (TPSA) is 80.1 Å². The zero-order valence-corrected chi connectivity index (χ0v) is 15.1. The summed E-state index contributed by atoms with van der Waals surface area (Å²) in [6.07, 6.45) is 4.00. The number of anilines is 2. The summed E-state index contributed by atoms with van der Waals surface area (Å²) in [5, 5.41) is 7.24. The van der Waals surface area contributed by atoms with Crippen LogP contribution in [0.15, 0.2) is 48.8 Å². The fourth-order valence-corrected chi connectivity index (χ4v) is 3.40. The van der Waals surface area contributed by atoms with Crippen LogP contribution in [0.3, 0.4) is 0 Å². The minimum absolute atomic E-state index is 0.0328. The molecular weight excluding hydrogens is 342 g/mol. The number of carbonyl (C=O) groups excluding carboxylic acids is 2. The van der Waals surface area contributed by atoms with Crippen molar-refractivity contribution in [1.82, 2.24) is 14.8 Å². The number of benzene rings is 1. The summed E-state index contributed by atoms with van der Waals surface area (Å²) in [7, 11) is 0. The highest BCUT2D eigenvalue weighted by molar-refractivity contribution is 6.08. The van der Waals surface area contributed by atoms with E-state index < -0.39 is 0 Å². The molecule has 7 nitrogen and oxygen atoms in total. The molecule has 0 bridgehead atoms. The first-order chi connectivity index (χ1) is 13.1. The maximum absolute atomic E-state index is 12.9. The molecule has 0 spiro atoms. The van der Waals surface area contributed by atoms with E-state index in [1.165, 1.54) is 13.1 Å². The summed E-state index contributed by atoms with van der Waals surface area (Å²) < 4.78 is 1.63. The molecule has 0 fully saturated rings. The molecule has 136 valence electrons. The van der Waals surface area contributed by atoms with Gasteiger partial charge < -0.3 is 10.2 Å². The van der Waals surface area contributed by atoms with Gasteiger partial charge in [-0.1, -0.05) is 18.2 Å². The minimum Gasteiger partial charge on any atom is -0.320 e. The van der Waals surface area contributed by atoms with Gasteiger partial charge in [-0.3, -0.25) is 9.59 Å². The number of fused-ring (bicyclic) bond motifs is 1. The summed E-state index contributed by atoms with van der Waals surface area (Å²) in [6, 6.07) is 11.2. The molecule has 0 atom stereocenters. The number of nitrogens with one attached hydrogen (secondary N) is 1. The van der Waals surface area contributed by atoms with Crippen molar-refractivity contribution in [3.05, 3.63) is 65.6 Å². The largest absolute Gasteiger partial charge is 0.320 e. The average Bonchev–Trinajstić information content (AvgIpc) is 3.27. The molecule has 0 saturated carbocycles. The Morgan fingerprint density at radius 2 is 2.00 bits per heavy atom. The van der Waals surface area contributed by atoms with Crippen LogP contribution in [-0.2, 0) is 11.2 Å². The van der Waals surface area contributed by atoms with E-state index in [-0.39, 0.29) is 11.8 Å². The van der Waals surface area contributed by atoms with Crippen LogP contribution in [0.4, 0.5) is 11.4 Å². The molecule has 2 amide bonds. The van der Waals surface area contributed by atoms with E-state index in [9.17, 15) is 9.59 Å². The Morgan fingerprint density at radius 1 is 1.15 bits per heavy atom. The van der Waals surface area contributed by atoms with Gasteiger partial charge in [-0.15, -0.1) is 0 Å². The molecule has 1 aromatic carbocycles. The maximum Gasteiger partial charge on any atom is 0.259 e. The number of aromatic nitrogens is 3. The predicted molar refractivity (Wildman–Crippen MR) is 102 cm³/mol. The van der Waals surface area contributed by atoms with Crippen LogP contribution in [0, 0.1) is 6.92 Å². The van der Waals surface area contributed by atoms with E-state index in [1.54, 1.807) is 15.8 Å². The molecule has 0 unspecified atom stereocenters. The lowest BCUT2D eigenvalue weighted by molar-refractivity contribution is -0.116.